The summed E-state index contributed by atoms with van der Waals surface area (Å²) in [4.78, 5) is 0. The van der Waals surface area contributed by atoms with Crippen molar-refractivity contribution in [2.24, 2.45) is 63.6 Å². The second-order valence-corrected chi connectivity index (χ2v) is 16.3. The molecule has 0 radical (unpaired) electrons. The molecule has 0 N–H and O–H groups in total. The fraction of sp³-hybridized carbons (Fsp3) is 1.00. The van der Waals surface area contributed by atoms with Crippen LogP contribution in [0.4, 0.5) is 0 Å². The summed E-state index contributed by atoms with van der Waals surface area (Å²) >= 11 is 0. The standard InChI is InChI=1S/C20H38O2.C15H28O2/c1-9-20(8,19(6,7)14(4)5)10-15-11-21-18-16(13(2)3)12-22-17(15)18;1-9(2)11-7-16-14-12(8-17-13(11)14)15(5,6)10(3)4/h13-18H,9-12H2,1-8H3;9-14H,7-8H2,1-6H3. The molecule has 0 aromatic carbocycles. The lowest BCUT2D eigenvalue weighted by Crippen LogP contribution is -2.42. The van der Waals surface area contributed by atoms with Crippen LogP contribution in [-0.2, 0) is 18.9 Å². The van der Waals surface area contributed by atoms with Crippen LogP contribution in [0, 0.1) is 63.6 Å². The lowest BCUT2D eigenvalue weighted by molar-refractivity contribution is -0.0141. The van der Waals surface area contributed by atoms with Gasteiger partial charge in [0, 0.05) is 23.7 Å². The van der Waals surface area contributed by atoms with Crippen LogP contribution < -0.4 is 0 Å². The molecule has 39 heavy (non-hydrogen) atoms. The number of ether oxygens (including phenoxy) is 4. The van der Waals surface area contributed by atoms with Crippen molar-refractivity contribution >= 4 is 0 Å². The molecule has 0 amide bonds. The molecule has 0 aromatic rings. The largest absolute Gasteiger partial charge is 0.375 e. The summed E-state index contributed by atoms with van der Waals surface area (Å²) in [7, 11) is 0. The summed E-state index contributed by atoms with van der Waals surface area (Å²) in [5.41, 5.74) is 0.963. The molecule has 4 heteroatoms. The van der Waals surface area contributed by atoms with Gasteiger partial charge in [0.15, 0.2) is 0 Å². The van der Waals surface area contributed by atoms with E-state index in [1.807, 2.05) is 0 Å². The predicted molar refractivity (Wildman–Crippen MR) is 163 cm³/mol. The summed E-state index contributed by atoms with van der Waals surface area (Å²) in [5.74, 6) is 4.95. The van der Waals surface area contributed by atoms with E-state index in [0.717, 1.165) is 26.4 Å². The lowest BCUT2D eigenvalue weighted by Gasteiger charge is -2.48. The molecule has 9 unspecified atom stereocenters. The van der Waals surface area contributed by atoms with Crippen LogP contribution >= 0.6 is 0 Å². The van der Waals surface area contributed by atoms with Gasteiger partial charge in [0.2, 0.25) is 0 Å². The Morgan fingerprint density at radius 3 is 1.51 bits per heavy atom. The Kier molecular flexibility index (Phi) is 10.8. The van der Waals surface area contributed by atoms with Crippen LogP contribution in [0.2, 0.25) is 0 Å². The normalized spacial score (nSPS) is 36.5. The molecule has 0 aliphatic carbocycles. The van der Waals surface area contributed by atoms with E-state index in [0.29, 0.717) is 88.0 Å². The molecule has 0 aromatic heterocycles. The van der Waals surface area contributed by atoms with Crippen molar-refractivity contribution in [3.05, 3.63) is 0 Å². The predicted octanol–water partition coefficient (Wildman–Crippen LogP) is 8.52. The van der Waals surface area contributed by atoms with Crippen molar-refractivity contribution in [3.63, 3.8) is 0 Å². The first-order valence-corrected chi connectivity index (χ1v) is 16.5. The van der Waals surface area contributed by atoms with Gasteiger partial charge in [-0.05, 0) is 46.3 Å². The van der Waals surface area contributed by atoms with Gasteiger partial charge in [0.1, 0.15) is 0 Å². The average Bonchev–Trinajstić information content (AvgIpc) is 3.60. The van der Waals surface area contributed by atoms with E-state index < -0.39 is 0 Å². The molecule has 0 spiro atoms. The van der Waals surface area contributed by atoms with Crippen LogP contribution in [0.25, 0.3) is 0 Å². The Morgan fingerprint density at radius 2 is 1.05 bits per heavy atom. The van der Waals surface area contributed by atoms with Crippen LogP contribution in [0.15, 0.2) is 0 Å². The van der Waals surface area contributed by atoms with E-state index in [9.17, 15) is 0 Å². The summed E-state index contributed by atoms with van der Waals surface area (Å²) in [6, 6.07) is 0. The minimum atomic E-state index is 0.297. The molecule has 4 nitrogen and oxygen atoms in total. The van der Waals surface area contributed by atoms with Crippen molar-refractivity contribution in [2.45, 2.75) is 134 Å². The first-order chi connectivity index (χ1) is 18.0. The van der Waals surface area contributed by atoms with Gasteiger partial charge in [0.25, 0.3) is 0 Å². The Labute approximate surface area is 243 Å². The average molecular weight is 551 g/mol. The van der Waals surface area contributed by atoms with Gasteiger partial charge in [-0.25, -0.2) is 0 Å². The molecule has 230 valence electrons. The topological polar surface area (TPSA) is 36.9 Å². The Balaban J connectivity index is 0.000000223. The maximum absolute atomic E-state index is 6.20. The molecule has 0 saturated carbocycles. The fourth-order valence-electron chi connectivity index (χ4n) is 7.66. The fourth-order valence-corrected chi connectivity index (χ4v) is 7.66. The highest BCUT2D eigenvalue weighted by molar-refractivity contribution is 5.01. The molecular weight excluding hydrogens is 484 g/mol. The van der Waals surface area contributed by atoms with E-state index in [2.05, 4.69) is 96.9 Å². The highest BCUT2D eigenvalue weighted by Crippen LogP contribution is 2.53. The molecular formula is C35H66O4. The number of rotatable bonds is 9. The third-order valence-corrected chi connectivity index (χ3v) is 12.9. The number of hydrogen-bond acceptors (Lipinski definition) is 4. The Hall–Kier alpha value is -0.160. The van der Waals surface area contributed by atoms with Crippen LogP contribution in [0.5, 0.6) is 0 Å². The smallest absolute Gasteiger partial charge is 0.0895 e. The zero-order valence-electron chi connectivity index (χ0n) is 28.3. The SMILES string of the molecule is CC(C)C1COC2C1OCC2C(C)(C)C(C)C.CCC(C)(CC1COC2C(C(C)C)COC12)C(C)(C)C(C)C. The summed E-state index contributed by atoms with van der Waals surface area (Å²) in [6.45, 7) is 36.5. The molecule has 0 bridgehead atoms. The minimum absolute atomic E-state index is 0.297. The van der Waals surface area contributed by atoms with E-state index >= 15 is 0 Å². The van der Waals surface area contributed by atoms with E-state index in [-0.39, 0.29) is 0 Å². The van der Waals surface area contributed by atoms with Crippen molar-refractivity contribution in [1.82, 2.24) is 0 Å². The third-order valence-electron chi connectivity index (χ3n) is 12.9. The zero-order chi connectivity index (χ0) is 29.5. The summed E-state index contributed by atoms with van der Waals surface area (Å²) < 4.78 is 24.6. The first kappa shape index (κ1) is 33.3. The third kappa shape index (κ3) is 6.45. The summed E-state index contributed by atoms with van der Waals surface area (Å²) in [6.07, 6.45) is 3.80. The van der Waals surface area contributed by atoms with Crippen LogP contribution in [0.1, 0.15) is 110 Å². The number of fused-ring (bicyclic) bond motifs is 2. The molecule has 4 fully saturated rings. The summed E-state index contributed by atoms with van der Waals surface area (Å²) in [5, 5.41) is 0. The Bertz CT molecular complexity index is 771. The van der Waals surface area contributed by atoms with Gasteiger partial charge in [-0.3, -0.25) is 0 Å². The molecule has 4 aliphatic heterocycles. The Morgan fingerprint density at radius 1 is 0.590 bits per heavy atom. The molecule has 9 atom stereocenters. The van der Waals surface area contributed by atoms with Gasteiger partial charge >= 0.3 is 0 Å². The van der Waals surface area contributed by atoms with Gasteiger partial charge in [0.05, 0.1) is 50.8 Å². The van der Waals surface area contributed by atoms with Gasteiger partial charge < -0.3 is 18.9 Å². The lowest BCUT2D eigenvalue weighted by atomic mass is 9.56. The van der Waals surface area contributed by atoms with E-state index in [1.165, 1.54) is 12.8 Å². The van der Waals surface area contributed by atoms with E-state index in [1.54, 1.807) is 0 Å². The highest BCUT2D eigenvalue weighted by atomic mass is 16.6. The van der Waals surface area contributed by atoms with E-state index in [4.69, 9.17) is 18.9 Å². The molecule has 4 rings (SSSR count). The van der Waals surface area contributed by atoms with Gasteiger partial charge in [-0.1, -0.05) is 103 Å². The zero-order valence-corrected chi connectivity index (χ0v) is 28.3. The van der Waals surface area contributed by atoms with Crippen LogP contribution in [0.3, 0.4) is 0 Å². The van der Waals surface area contributed by atoms with Crippen molar-refractivity contribution < 1.29 is 18.9 Å². The highest BCUT2D eigenvalue weighted by Gasteiger charge is 2.54. The quantitative estimate of drug-likeness (QED) is 0.288. The van der Waals surface area contributed by atoms with Crippen molar-refractivity contribution in [2.75, 3.05) is 26.4 Å². The number of hydrogen-bond donors (Lipinski definition) is 0. The minimum Gasteiger partial charge on any atom is -0.375 e. The maximum atomic E-state index is 6.20. The second-order valence-electron chi connectivity index (χ2n) is 16.3. The molecule has 4 heterocycles. The maximum Gasteiger partial charge on any atom is 0.0895 e. The van der Waals surface area contributed by atoms with Crippen molar-refractivity contribution in [3.8, 4) is 0 Å². The molecule has 4 saturated heterocycles. The van der Waals surface area contributed by atoms with Crippen molar-refractivity contribution in [1.29, 1.82) is 0 Å². The van der Waals surface area contributed by atoms with Gasteiger partial charge in [-0.15, -0.1) is 0 Å². The molecule has 4 aliphatic rings. The van der Waals surface area contributed by atoms with Gasteiger partial charge in [-0.2, -0.15) is 0 Å². The second kappa shape index (κ2) is 12.6. The van der Waals surface area contributed by atoms with Crippen LogP contribution in [-0.4, -0.2) is 50.8 Å². The monoisotopic (exact) mass is 550 g/mol. The first-order valence-electron chi connectivity index (χ1n) is 16.5.